The summed E-state index contributed by atoms with van der Waals surface area (Å²) in [6.07, 6.45) is 5.26. The molecule has 0 bridgehead atoms. The maximum Gasteiger partial charge on any atom is 0.252 e. The number of aromatic nitrogens is 1. The minimum absolute atomic E-state index is 0.0736. The summed E-state index contributed by atoms with van der Waals surface area (Å²) >= 11 is 0. The van der Waals surface area contributed by atoms with Gasteiger partial charge in [0.15, 0.2) is 5.78 Å². The van der Waals surface area contributed by atoms with Crippen molar-refractivity contribution in [2.75, 3.05) is 0 Å². The molecule has 1 fully saturated rings. The third kappa shape index (κ3) is 3.27. The number of hydrogen-bond donors (Lipinski definition) is 1. The first-order valence-electron chi connectivity index (χ1n) is 10.1. The minimum Gasteiger partial charge on any atom is -0.486 e. The van der Waals surface area contributed by atoms with E-state index in [-0.39, 0.29) is 17.7 Å². The van der Waals surface area contributed by atoms with Crippen LogP contribution in [0, 0.1) is 0 Å². The molecule has 2 aliphatic rings. The molecule has 5 nitrogen and oxygen atoms in total. The molecule has 1 spiro atoms. The zero-order chi connectivity index (χ0) is 19.8. The zero-order valence-electron chi connectivity index (χ0n) is 16.1. The fourth-order valence-electron chi connectivity index (χ4n) is 4.57. The highest BCUT2D eigenvalue weighted by Gasteiger charge is 2.43. The molecule has 1 aromatic heterocycles. The number of Topliss-reactive ketones (excluding diaryl/α,β-unsaturated/α-hetero) is 1. The lowest BCUT2D eigenvalue weighted by atomic mass is 9.76. The van der Waals surface area contributed by atoms with Crippen molar-refractivity contribution in [2.24, 2.45) is 0 Å². The van der Waals surface area contributed by atoms with E-state index in [2.05, 4.69) is 10.3 Å². The summed E-state index contributed by atoms with van der Waals surface area (Å²) in [4.78, 5) is 29.8. The maximum atomic E-state index is 12.9. The number of amides is 1. The van der Waals surface area contributed by atoms with Gasteiger partial charge in [-0.05, 0) is 56.0 Å². The van der Waals surface area contributed by atoms with Gasteiger partial charge in [-0.2, -0.15) is 0 Å². The first kappa shape index (κ1) is 17.9. The highest BCUT2D eigenvalue weighted by Crippen LogP contribution is 2.41. The number of nitrogens with zero attached hydrogens (tertiary/aromatic N) is 1. The Morgan fingerprint density at radius 2 is 1.86 bits per heavy atom. The van der Waals surface area contributed by atoms with E-state index < -0.39 is 5.60 Å². The first-order chi connectivity index (χ1) is 14.1. The van der Waals surface area contributed by atoms with Gasteiger partial charge >= 0.3 is 0 Å². The van der Waals surface area contributed by atoms with Gasteiger partial charge in [0.2, 0.25) is 0 Å². The van der Waals surface area contributed by atoms with Crippen molar-refractivity contribution in [3.63, 3.8) is 0 Å². The van der Waals surface area contributed by atoms with E-state index in [1.165, 1.54) is 0 Å². The second-order valence-electron chi connectivity index (χ2n) is 8.00. The number of pyridine rings is 1. The zero-order valence-corrected chi connectivity index (χ0v) is 16.1. The Kier molecular flexibility index (Phi) is 4.31. The summed E-state index contributed by atoms with van der Waals surface area (Å²) in [5.74, 6) is 0.766. The van der Waals surface area contributed by atoms with Crippen molar-refractivity contribution >= 4 is 22.6 Å². The smallest absolute Gasteiger partial charge is 0.252 e. The standard InChI is InChI=1S/C24H22N2O3/c27-21-15-24(29-22-9-2-1-5-19(21)22)12-10-16(11-13-24)26-23(28)18-6-3-8-20-17(18)7-4-14-25-20/h1-9,14,16H,10-13,15H2,(H,26,28). The fourth-order valence-corrected chi connectivity index (χ4v) is 4.57. The molecular formula is C24H22N2O3. The van der Waals surface area contributed by atoms with Crippen molar-refractivity contribution in [2.45, 2.75) is 43.7 Å². The van der Waals surface area contributed by atoms with Crippen molar-refractivity contribution < 1.29 is 14.3 Å². The van der Waals surface area contributed by atoms with Crippen LogP contribution < -0.4 is 10.1 Å². The number of hydrogen-bond acceptors (Lipinski definition) is 4. The molecule has 1 saturated carbocycles. The van der Waals surface area contributed by atoms with Gasteiger partial charge in [-0.25, -0.2) is 0 Å². The number of ether oxygens (including phenoxy) is 1. The number of para-hydroxylation sites is 1. The topological polar surface area (TPSA) is 68.3 Å². The van der Waals surface area contributed by atoms with E-state index in [1.54, 1.807) is 6.20 Å². The molecule has 5 heteroatoms. The summed E-state index contributed by atoms with van der Waals surface area (Å²) in [7, 11) is 0. The van der Waals surface area contributed by atoms with Gasteiger partial charge in [0.25, 0.3) is 5.91 Å². The largest absolute Gasteiger partial charge is 0.486 e. The van der Waals surface area contributed by atoms with Crippen LogP contribution in [-0.4, -0.2) is 28.3 Å². The van der Waals surface area contributed by atoms with E-state index in [0.717, 1.165) is 36.6 Å². The highest BCUT2D eigenvalue weighted by molar-refractivity contribution is 6.06. The van der Waals surface area contributed by atoms with Gasteiger partial charge in [-0.3, -0.25) is 14.6 Å². The summed E-state index contributed by atoms with van der Waals surface area (Å²) < 4.78 is 6.28. The first-order valence-corrected chi connectivity index (χ1v) is 10.1. The van der Waals surface area contributed by atoms with E-state index in [1.807, 2.05) is 54.6 Å². The molecule has 1 amide bonds. The van der Waals surface area contributed by atoms with E-state index in [9.17, 15) is 9.59 Å². The molecule has 3 aromatic rings. The Labute approximate surface area is 169 Å². The number of carbonyl (C=O) groups excluding carboxylic acids is 2. The molecule has 1 N–H and O–H groups in total. The number of carbonyl (C=O) groups is 2. The predicted molar refractivity (Wildman–Crippen MR) is 110 cm³/mol. The van der Waals surface area contributed by atoms with E-state index in [0.29, 0.717) is 23.3 Å². The molecule has 0 radical (unpaired) electrons. The van der Waals surface area contributed by atoms with Crippen LogP contribution in [0.1, 0.15) is 52.8 Å². The van der Waals surface area contributed by atoms with Crippen molar-refractivity contribution in [3.05, 3.63) is 71.9 Å². The lowest BCUT2D eigenvalue weighted by Gasteiger charge is -2.42. The Hall–Kier alpha value is -3.21. The van der Waals surface area contributed by atoms with Crippen LogP contribution in [0.4, 0.5) is 0 Å². The molecular weight excluding hydrogens is 364 g/mol. The monoisotopic (exact) mass is 386 g/mol. The minimum atomic E-state index is -0.434. The number of rotatable bonds is 2. The molecule has 2 aromatic carbocycles. The summed E-state index contributed by atoms with van der Waals surface area (Å²) in [6.45, 7) is 0. The predicted octanol–water partition coefficient (Wildman–Crippen LogP) is 4.31. The number of benzene rings is 2. The summed E-state index contributed by atoms with van der Waals surface area (Å²) in [5.41, 5.74) is 1.71. The van der Waals surface area contributed by atoms with Crippen LogP contribution in [0.5, 0.6) is 5.75 Å². The highest BCUT2D eigenvalue weighted by atomic mass is 16.5. The molecule has 1 aliphatic carbocycles. The van der Waals surface area contributed by atoms with Crippen LogP contribution in [0.25, 0.3) is 10.9 Å². The Morgan fingerprint density at radius 1 is 1.03 bits per heavy atom. The van der Waals surface area contributed by atoms with Gasteiger partial charge in [-0.15, -0.1) is 0 Å². The molecule has 29 heavy (non-hydrogen) atoms. The third-order valence-electron chi connectivity index (χ3n) is 6.12. The molecule has 0 saturated heterocycles. The fraction of sp³-hybridized carbons (Fsp3) is 0.292. The van der Waals surface area contributed by atoms with Gasteiger partial charge in [0.1, 0.15) is 11.4 Å². The van der Waals surface area contributed by atoms with Crippen LogP contribution >= 0.6 is 0 Å². The third-order valence-corrected chi connectivity index (χ3v) is 6.12. The van der Waals surface area contributed by atoms with Gasteiger partial charge < -0.3 is 10.1 Å². The van der Waals surface area contributed by atoms with Crippen molar-refractivity contribution in [1.82, 2.24) is 10.3 Å². The van der Waals surface area contributed by atoms with Crippen LogP contribution in [0.3, 0.4) is 0 Å². The Balaban J connectivity index is 1.28. The van der Waals surface area contributed by atoms with Crippen LogP contribution in [0.15, 0.2) is 60.8 Å². The maximum absolute atomic E-state index is 12.9. The molecule has 1 aliphatic heterocycles. The number of fused-ring (bicyclic) bond motifs is 2. The molecule has 0 unspecified atom stereocenters. The molecule has 5 rings (SSSR count). The normalized spacial score (nSPS) is 23.4. The number of ketones is 1. The summed E-state index contributed by atoms with van der Waals surface area (Å²) in [6, 6.07) is 16.9. The molecule has 146 valence electrons. The second-order valence-corrected chi connectivity index (χ2v) is 8.00. The SMILES string of the molecule is O=C1CC2(CCC(NC(=O)c3cccc4ncccc34)CC2)Oc2ccccc21. The van der Waals surface area contributed by atoms with Crippen LogP contribution in [-0.2, 0) is 0 Å². The van der Waals surface area contributed by atoms with Crippen LogP contribution in [0.2, 0.25) is 0 Å². The van der Waals surface area contributed by atoms with E-state index >= 15 is 0 Å². The quantitative estimate of drug-likeness (QED) is 0.713. The van der Waals surface area contributed by atoms with Gasteiger partial charge in [0, 0.05) is 23.2 Å². The average Bonchev–Trinajstić information content (AvgIpc) is 2.75. The summed E-state index contributed by atoms with van der Waals surface area (Å²) in [5, 5.41) is 4.03. The second kappa shape index (κ2) is 6.99. The molecule has 0 atom stereocenters. The van der Waals surface area contributed by atoms with E-state index in [4.69, 9.17) is 4.74 Å². The van der Waals surface area contributed by atoms with Crippen molar-refractivity contribution in [3.8, 4) is 5.75 Å². The van der Waals surface area contributed by atoms with Gasteiger partial charge in [0.05, 0.1) is 17.5 Å². The lowest BCUT2D eigenvalue weighted by molar-refractivity contribution is 0.00704. The van der Waals surface area contributed by atoms with Gasteiger partial charge in [-0.1, -0.05) is 24.3 Å². The number of nitrogens with one attached hydrogen (secondary N) is 1. The Morgan fingerprint density at radius 3 is 2.72 bits per heavy atom. The molecule has 2 heterocycles. The Bertz CT molecular complexity index is 1090. The lowest BCUT2D eigenvalue weighted by Crippen LogP contribution is -2.49. The van der Waals surface area contributed by atoms with Crippen molar-refractivity contribution in [1.29, 1.82) is 0 Å². The average molecular weight is 386 g/mol.